The molecule has 3 N–H and O–H groups in total. The van der Waals surface area contributed by atoms with Crippen LogP contribution in [0.2, 0.25) is 0 Å². The summed E-state index contributed by atoms with van der Waals surface area (Å²) in [6.07, 6.45) is -1.36. The topological polar surface area (TPSA) is 62.9 Å². The first-order valence-electron chi connectivity index (χ1n) is 8.05. The highest BCUT2D eigenvalue weighted by molar-refractivity contribution is 5.93. The number of hydrogen-bond acceptors (Lipinski definition) is 3. The third-order valence-electron chi connectivity index (χ3n) is 4.00. The normalized spacial score (nSPS) is 20.0. The van der Waals surface area contributed by atoms with Gasteiger partial charge in [0.15, 0.2) is 11.7 Å². The first-order valence-corrected chi connectivity index (χ1v) is 8.05. The van der Waals surface area contributed by atoms with E-state index in [1.54, 1.807) is 6.07 Å². The summed E-state index contributed by atoms with van der Waals surface area (Å²) in [7, 11) is 0. The number of anilines is 1. The highest BCUT2D eigenvalue weighted by atomic mass is 19.4. The number of rotatable bonds is 5. The van der Waals surface area contributed by atoms with Crippen molar-refractivity contribution in [2.45, 2.75) is 38.6 Å². The van der Waals surface area contributed by atoms with Crippen LogP contribution >= 0.6 is 0 Å². The van der Waals surface area contributed by atoms with Crippen LogP contribution in [0.4, 0.5) is 18.9 Å². The fourth-order valence-corrected chi connectivity index (χ4v) is 2.85. The molecule has 1 unspecified atom stereocenters. The third-order valence-corrected chi connectivity index (χ3v) is 4.00. The Hall–Kier alpha value is -1.96. The number of alkyl halides is 3. The average molecular weight is 344 g/mol. The van der Waals surface area contributed by atoms with Crippen LogP contribution in [0.15, 0.2) is 29.3 Å². The van der Waals surface area contributed by atoms with Crippen molar-refractivity contribution in [2.75, 3.05) is 25.0 Å². The lowest BCUT2D eigenvalue weighted by atomic mass is 10.0. The van der Waals surface area contributed by atoms with Gasteiger partial charge in [0.05, 0.1) is 12.2 Å². The third kappa shape index (κ3) is 5.59. The quantitative estimate of drug-likeness (QED) is 0.636. The highest BCUT2D eigenvalue weighted by Crippen LogP contribution is 2.29. The second-order valence-electron chi connectivity index (χ2n) is 5.67. The highest BCUT2D eigenvalue weighted by Gasteiger charge is 2.32. The number of aliphatic imine (C=N–C) groups is 1. The van der Waals surface area contributed by atoms with Crippen LogP contribution in [0, 0.1) is 0 Å². The van der Waals surface area contributed by atoms with Crippen molar-refractivity contribution in [3.8, 4) is 5.75 Å². The minimum Gasteiger partial charge on any atom is -0.404 e. The molecule has 1 aliphatic heterocycles. The monoisotopic (exact) mass is 344 g/mol. The standard InChI is InChI=1S/C16H23F3N4O/c1-2-23-10-6-5-7-12(23)11-21-15(20)22-13-8-3-4-9-14(13)24-16(17,18)19/h3-4,8-9,12H,2,5-7,10-11H2,1H3,(H3,20,21,22). The van der Waals surface area contributed by atoms with Gasteiger partial charge < -0.3 is 15.8 Å². The minimum absolute atomic E-state index is 0.0786. The van der Waals surface area contributed by atoms with Gasteiger partial charge >= 0.3 is 6.36 Å². The Morgan fingerprint density at radius 3 is 2.83 bits per heavy atom. The van der Waals surface area contributed by atoms with E-state index in [1.807, 2.05) is 0 Å². The van der Waals surface area contributed by atoms with Crippen molar-refractivity contribution in [1.29, 1.82) is 0 Å². The van der Waals surface area contributed by atoms with Crippen molar-refractivity contribution in [2.24, 2.45) is 10.7 Å². The lowest BCUT2D eigenvalue weighted by molar-refractivity contribution is -0.274. The average Bonchev–Trinajstić information content (AvgIpc) is 2.53. The zero-order valence-electron chi connectivity index (χ0n) is 13.6. The number of ether oxygens (including phenoxy) is 1. The lowest BCUT2D eigenvalue weighted by Crippen LogP contribution is -2.41. The number of nitrogens with two attached hydrogens (primary N) is 1. The molecule has 0 amide bonds. The summed E-state index contributed by atoms with van der Waals surface area (Å²) >= 11 is 0. The molecule has 1 heterocycles. The predicted molar refractivity (Wildman–Crippen MR) is 88.1 cm³/mol. The molecule has 0 radical (unpaired) electrons. The smallest absolute Gasteiger partial charge is 0.404 e. The summed E-state index contributed by atoms with van der Waals surface area (Å²) in [5, 5.41) is 2.69. The first kappa shape index (κ1) is 18.4. The zero-order chi connectivity index (χ0) is 17.6. The van der Waals surface area contributed by atoms with Crippen molar-refractivity contribution >= 4 is 11.6 Å². The summed E-state index contributed by atoms with van der Waals surface area (Å²) in [5.74, 6) is -0.258. The summed E-state index contributed by atoms with van der Waals surface area (Å²) in [5.41, 5.74) is 5.96. The van der Waals surface area contributed by atoms with Gasteiger partial charge in [-0.05, 0) is 38.1 Å². The zero-order valence-corrected chi connectivity index (χ0v) is 13.6. The number of nitrogens with one attached hydrogen (secondary N) is 1. The van der Waals surface area contributed by atoms with Crippen LogP contribution in [0.25, 0.3) is 0 Å². The van der Waals surface area contributed by atoms with Gasteiger partial charge in [0, 0.05) is 6.04 Å². The maximum atomic E-state index is 12.4. The number of guanidine groups is 1. The molecule has 1 atom stereocenters. The molecule has 1 aromatic rings. The van der Waals surface area contributed by atoms with Gasteiger partial charge in [-0.2, -0.15) is 0 Å². The van der Waals surface area contributed by atoms with Crippen LogP contribution in [-0.4, -0.2) is 42.9 Å². The Morgan fingerprint density at radius 1 is 1.38 bits per heavy atom. The van der Waals surface area contributed by atoms with Gasteiger partial charge in [0.25, 0.3) is 0 Å². The van der Waals surface area contributed by atoms with Crippen molar-refractivity contribution in [1.82, 2.24) is 4.90 Å². The molecule has 0 aliphatic carbocycles. The molecule has 0 bridgehead atoms. The second kappa shape index (κ2) is 8.23. The maximum absolute atomic E-state index is 12.4. The van der Waals surface area contributed by atoms with Crippen LogP contribution in [-0.2, 0) is 0 Å². The summed E-state index contributed by atoms with van der Waals surface area (Å²) in [4.78, 5) is 6.63. The fourth-order valence-electron chi connectivity index (χ4n) is 2.85. The summed E-state index contributed by atoms with van der Waals surface area (Å²) < 4.78 is 41.2. The lowest BCUT2D eigenvalue weighted by Gasteiger charge is -2.33. The molecular formula is C16H23F3N4O. The molecule has 1 saturated heterocycles. The van der Waals surface area contributed by atoms with Gasteiger partial charge in [-0.15, -0.1) is 13.2 Å². The van der Waals surface area contributed by atoms with Crippen LogP contribution in [0.3, 0.4) is 0 Å². The molecule has 8 heteroatoms. The van der Waals surface area contributed by atoms with Crippen LogP contribution < -0.4 is 15.8 Å². The number of likely N-dealkylation sites (tertiary alicyclic amines) is 1. The van der Waals surface area contributed by atoms with E-state index in [1.165, 1.54) is 24.6 Å². The number of likely N-dealkylation sites (N-methyl/N-ethyl adjacent to an activating group) is 1. The van der Waals surface area contributed by atoms with Crippen molar-refractivity contribution < 1.29 is 17.9 Å². The molecule has 2 rings (SSSR count). The Kier molecular flexibility index (Phi) is 6.30. The minimum atomic E-state index is -4.76. The van der Waals surface area contributed by atoms with Crippen molar-refractivity contribution in [3.63, 3.8) is 0 Å². The van der Waals surface area contributed by atoms with Crippen LogP contribution in [0.5, 0.6) is 5.75 Å². The van der Waals surface area contributed by atoms with Gasteiger partial charge in [0.1, 0.15) is 0 Å². The molecule has 24 heavy (non-hydrogen) atoms. The summed E-state index contributed by atoms with van der Waals surface area (Å²) in [6.45, 7) is 4.63. The molecule has 134 valence electrons. The van der Waals surface area contributed by atoms with E-state index < -0.39 is 6.36 Å². The number of halogens is 3. The molecule has 1 fully saturated rings. The Bertz CT molecular complexity index is 562. The molecule has 1 aromatic carbocycles. The van der Waals surface area contributed by atoms with E-state index >= 15 is 0 Å². The maximum Gasteiger partial charge on any atom is 0.573 e. The molecule has 0 saturated carbocycles. The van der Waals surface area contributed by atoms with Gasteiger partial charge in [-0.3, -0.25) is 9.89 Å². The molecular weight excluding hydrogens is 321 g/mol. The van der Waals surface area contributed by atoms with Gasteiger partial charge in [0.2, 0.25) is 0 Å². The van der Waals surface area contributed by atoms with Crippen molar-refractivity contribution in [3.05, 3.63) is 24.3 Å². The largest absolute Gasteiger partial charge is 0.573 e. The Balaban J connectivity index is 2.00. The van der Waals surface area contributed by atoms with E-state index in [0.717, 1.165) is 25.9 Å². The Morgan fingerprint density at radius 2 is 2.12 bits per heavy atom. The van der Waals surface area contributed by atoms with E-state index in [9.17, 15) is 13.2 Å². The SMILES string of the molecule is CCN1CCCCC1CN=C(N)Nc1ccccc1OC(F)(F)F. The van der Waals surface area contributed by atoms with E-state index in [0.29, 0.717) is 12.6 Å². The number of benzene rings is 1. The van der Waals surface area contributed by atoms with E-state index in [4.69, 9.17) is 5.73 Å². The predicted octanol–water partition coefficient (Wildman–Crippen LogP) is 3.19. The van der Waals surface area contributed by atoms with Gasteiger partial charge in [-0.1, -0.05) is 25.5 Å². The number of nitrogens with zero attached hydrogens (tertiary/aromatic N) is 2. The Labute approximate surface area is 139 Å². The van der Waals surface area contributed by atoms with E-state index in [2.05, 4.69) is 26.9 Å². The fraction of sp³-hybridized carbons (Fsp3) is 0.562. The van der Waals surface area contributed by atoms with Crippen LogP contribution in [0.1, 0.15) is 26.2 Å². The van der Waals surface area contributed by atoms with E-state index in [-0.39, 0.29) is 17.4 Å². The molecule has 1 aliphatic rings. The molecule has 5 nitrogen and oxygen atoms in total. The second-order valence-corrected chi connectivity index (χ2v) is 5.67. The number of hydrogen-bond donors (Lipinski definition) is 2. The molecule has 0 spiro atoms. The number of piperidine rings is 1. The number of para-hydroxylation sites is 2. The molecule has 0 aromatic heterocycles. The van der Waals surface area contributed by atoms with Gasteiger partial charge in [-0.25, -0.2) is 0 Å². The first-order chi connectivity index (χ1) is 11.4. The summed E-state index contributed by atoms with van der Waals surface area (Å²) in [6, 6.07) is 6.07.